The van der Waals surface area contributed by atoms with E-state index < -0.39 is 0 Å². The first kappa shape index (κ1) is 21.7. The van der Waals surface area contributed by atoms with Crippen LogP contribution in [0.15, 0.2) is 54.9 Å². The molecule has 1 heteroatoms. The van der Waals surface area contributed by atoms with Gasteiger partial charge in [-0.1, -0.05) is 108 Å². The topological polar surface area (TPSA) is 3.88 Å². The van der Waals surface area contributed by atoms with Gasteiger partial charge in [0.2, 0.25) is 0 Å². The molecule has 0 atom stereocenters. The van der Waals surface area contributed by atoms with E-state index in [1.54, 1.807) is 0 Å². The lowest BCUT2D eigenvalue weighted by Crippen LogP contribution is -2.33. The van der Waals surface area contributed by atoms with Crippen LogP contribution in [0.5, 0.6) is 0 Å². The predicted octanol–water partition coefficient (Wildman–Crippen LogP) is 7.27. The summed E-state index contributed by atoms with van der Waals surface area (Å²) in [5, 5.41) is 0. The Morgan fingerprint density at radius 2 is 1.15 bits per heavy atom. The van der Waals surface area contributed by atoms with Gasteiger partial charge in [-0.3, -0.25) is 0 Å². The number of rotatable bonds is 15. The van der Waals surface area contributed by atoms with Crippen molar-refractivity contribution >= 4 is 0 Å². The lowest BCUT2D eigenvalue weighted by Gasteiger charge is -2.04. The Labute approximate surface area is 167 Å². The van der Waals surface area contributed by atoms with Gasteiger partial charge in [-0.2, -0.15) is 0 Å². The number of aromatic nitrogens is 1. The zero-order chi connectivity index (χ0) is 19.0. The fourth-order valence-corrected chi connectivity index (χ4v) is 3.79. The van der Waals surface area contributed by atoms with Crippen LogP contribution in [0, 0.1) is 0 Å². The molecule has 27 heavy (non-hydrogen) atoms. The highest BCUT2D eigenvalue weighted by Gasteiger charge is 2.04. The van der Waals surface area contributed by atoms with Crippen LogP contribution in [-0.4, -0.2) is 0 Å². The highest BCUT2D eigenvalue weighted by Crippen LogP contribution is 2.13. The van der Waals surface area contributed by atoms with E-state index in [-0.39, 0.29) is 0 Å². The monoisotopic (exact) mass is 366 g/mol. The molecule has 0 radical (unpaired) electrons. The number of pyridine rings is 1. The van der Waals surface area contributed by atoms with E-state index in [1.165, 1.54) is 94.6 Å². The summed E-state index contributed by atoms with van der Waals surface area (Å²) < 4.78 is 2.31. The van der Waals surface area contributed by atoms with Crippen LogP contribution in [0.25, 0.3) is 0 Å². The Morgan fingerprint density at radius 1 is 0.593 bits per heavy atom. The molecule has 0 unspecified atom stereocenters. The fourth-order valence-electron chi connectivity index (χ4n) is 3.79. The van der Waals surface area contributed by atoms with E-state index in [9.17, 15) is 0 Å². The molecule has 148 valence electrons. The third kappa shape index (κ3) is 10.3. The minimum atomic E-state index is 0.965. The minimum absolute atomic E-state index is 0.965. The summed E-state index contributed by atoms with van der Waals surface area (Å²) in [6.07, 6.45) is 22.7. The van der Waals surface area contributed by atoms with E-state index in [0.29, 0.717) is 0 Å². The van der Waals surface area contributed by atoms with Crippen molar-refractivity contribution in [2.24, 2.45) is 0 Å². The quantitative estimate of drug-likeness (QED) is 0.230. The highest BCUT2D eigenvalue weighted by atomic mass is 14.9. The van der Waals surface area contributed by atoms with Crippen LogP contribution >= 0.6 is 0 Å². The molecule has 0 N–H and O–H groups in total. The van der Waals surface area contributed by atoms with Gasteiger partial charge in [-0.25, -0.2) is 4.57 Å². The van der Waals surface area contributed by atoms with Crippen LogP contribution in [0.1, 0.15) is 95.1 Å². The summed E-state index contributed by atoms with van der Waals surface area (Å²) in [7, 11) is 0. The molecule has 0 spiro atoms. The number of hydrogen-bond acceptors (Lipinski definition) is 0. The average Bonchev–Trinajstić information content (AvgIpc) is 2.70. The molecule has 2 rings (SSSR count). The number of nitrogens with zero attached hydrogens (tertiary/aromatic N) is 1. The normalized spacial score (nSPS) is 11.0. The summed E-state index contributed by atoms with van der Waals surface area (Å²) in [4.78, 5) is 0. The van der Waals surface area contributed by atoms with E-state index in [2.05, 4.69) is 66.3 Å². The molecule has 1 aromatic carbocycles. The SMILES string of the molecule is CCCCCCCCCCCCCCc1ccc[n+](Cc2ccccc2)c1. The molecule has 1 aromatic heterocycles. The second-order valence-corrected chi connectivity index (χ2v) is 8.01. The molecular weight excluding hydrogens is 326 g/mol. The molecule has 0 aliphatic rings. The van der Waals surface area contributed by atoms with Crippen molar-refractivity contribution in [1.29, 1.82) is 0 Å². The third-order valence-electron chi connectivity index (χ3n) is 5.45. The minimum Gasteiger partial charge on any atom is -0.201 e. The van der Waals surface area contributed by atoms with Gasteiger partial charge < -0.3 is 0 Å². The first-order valence-corrected chi connectivity index (χ1v) is 11.4. The van der Waals surface area contributed by atoms with Gasteiger partial charge in [0.05, 0.1) is 0 Å². The number of benzene rings is 1. The van der Waals surface area contributed by atoms with Crippen LogP contribution in [0.2, 0.25) is 0 Å². The van der Waals surface area contributed by atoms with Gasteiger partial charge in [-0.05, 0) is 18.9 Å². The molecule has 2 aromatic rings. The Morgan fingerprint density at radius 3 is 1.78 bits per heavy atom. The van der Waals surface area contributed by atoms with Crippen molar-refractivity contribution in [3.8, 4) is 0 Å². The van der Waals surface area contributed by atoms with Gasteiger partial charge in [0.15, 0.2) is 18.9 Å². The van der Waals surface area contributed by atoms with Crippen LogP contribution < -0.4 is 4.57 Å². The maximum Gasteiger partial charge on any atom is 0.173 e. The Hall–Kier alpha value is -1.63. The van der Waals surface area contributed by atoms with Gasteiger partial charge in [0.1, 0.15) is 0 Å². The van der Waals surface area contributed by atoms with Crippen molar-refractivity contribution in [3.05, 3.63) is 66.0 Å². The lowest BCUT2D eigenvalue weighted by atomic mass is 10.0. The van der Waals surface area contributed by atoms with Crippen molar-refractivity contribution in [2.75, 3.05) is 0 Å². The summed E-state index contributed by atoms with van der Waals surface area (Å²) >= 11 is 0. The summed E-state index contributed by atoms with van der Waals surface area (Å²) in [6.45, 7) is 3.26. The summed E-state index contributed by atoms with van der Waals surface area (Å²) in [6, 6.07) is 15.2. The first-order valence-electron chi connectivity index (χ1n) is 11.4. The second kappa shape index (κ2) is 14.4. The van der Waals surface area contributed by atoms with Crippen LogP contribution in [0.4, 0.5) is 0 Å². The molecule has 0 aliphatic carbocycles. The highest BCUT2D eigenvalue weighted by molar-refractivity contribution is 5.13. The molecule has 0 amide bonds. The average molecular weight is 367 g/mol. The molecule has 0 saturated heterocycles. The summed E-state index contributed by atoms with van der Waals surface area (Å²) in [5.74, 6) is 0. The van der Waals surface area contributed by atoms with E-state index in [1.807, 2.05) is 0 Å². The lowest BCUT2D eigenvalue weighted by molar-refractivity contribution is -0.688. The predicted molar refractivity (Wildman–Crippen MR) is 117 cm³/mol. The van der Waals surface area contributed by atoms with Gasteiger partial charge in [0, 0.05) is 17.2 Å². The molecule has 0 aliphatic heterocycles. The van der Waals surface area contributed by atoms with Crippen molar-refractivity contribution in [3.63, 3.8) is 0 Å². The third-order valence-corrected chi connectivity index (χ3v) is 5.45. The van der Waals surface area contributed by atoms with E-state index in [0.717, 1.165) is 6.54 Å². The Balaban J connectivity index is 1.50. The van der Waals surface area contributed by atoms with Gasteiger partial charge in [-0.15, -0.1) is 0 Å². The first-order chi connectivity index (χ1) is 13.4. The van der Waals surface area contributed by atoms with Crippen molar-refractivity contribution in [1.82, 2.24) is 0 Å². The molecule has 0 saturated carbocycles. The Bertz CT molecular complexity index is 590. The number of unbranched alkanes of at least 4 members (excludes halogenated alkanes) is 11. The number of aryl methyl sites for hydroxylation is 1. The van der Waals surface area contributed by atoms with Gasteiger partial charge in [0.25, 0.3) is 0 Å². The largest absolute Gasteiger partial charge is 0.201 e. The zero-order valence-corrected chi connectivity index (χ0v) is 17.5. The maximum atomic E-state index is 2.32. The van der Waals surface area contributed by atoms with Crippen molar-refractivity contribution < 1.29 is 4.57 Å². The standard InChI is InChI=1S/C26H40N/c1-2-3-4-5-6-7-8-9-10-11-12-14-18-26-21-17-22-27(24-26)23-25-19-15-13-16-20-25/h13,15-17,19-22,24H,2-12,14,18,23H2,1H3/q+1. The van der Waals surface area contributed by atoms with E-state index >= 15 is 0 Å². The maximum absolute atomic E-state index is 2.32. The smallest absolute Gasteiger partial charge is 0.173 e. The van der Waals surface area contributed by atoms with Crippen molar-refractivity contribution in [2.45, 2.75) is 96.9 Å². The second-order valence-electron chi connectivity index (χ2n) is 8.01. The fraction of sp³-hybridized carbons (Fsp3) is 0.577. The number of hydrogen-bond donors (Lipinski definition) is 0. The molecule has 0 bridgehead atoms. The van der Waals surface area contributed by atoms with Crippen LogP contribution in [-0.2, 0) is 13.0 Å². The molecule has 1 nitrogen and oxygen atoms in total. The van der Waals surface area contributed by atoms with Gasteiger partial charge >= 0.3 is 0 Å². The molecule has 1 heterocycles. The van der Waals surface area contributed by atoms with Crippen LogP contribution in [0.3, 0.4) is 0 Å². The zero-order valence-electron chi connectivity index (χ0n) is 17.5. The summed E-state index contributed by atoms with van der Waals surface area (Å²) in [5.41, 5.74) is 2.84. The molecular formula is C26H40N+. The Kier molecular flexibility index (Phi) is 11.6. The molecule has 0 fully saturated rings. The van der Waals surface area contributed by atoms with E-state index in [4.69, 9.17) is 0 Å².